The topological polar surface area (TPSA) is 0 Å². The molecule has 1 atom stereocenters. The third-order valence-corrected chi connectivity index (χ3v) is 6.98. The van der Waals surface area contributed by atoms with Crippen molar-refractivity contribution in [2.24, 2.45) is 11.3 Å². The van der Waals surface area contributed by atoms with Gasteiger partial charge in [0.1, 0.15) is 0 Å². The largest absolute Gasteiger partial charge is 0.0771 e. The first kappa shape index (κ1) is 16.5. The van der Waals surface area contributed by atoms with Gasteiger partial charge in [-0.2, -0.15) is 0 Å². The smallest absolute Gasteiger partial charge is 0.0487 e. The lowest BCUT2D eigenvalue weighted by molar-refractivity contribution is 0.263. The summed E-state index contributed by atoms with van der Waals surface area (Å²) >= 11 is 0. The fourth-order valence-electron chi connectivity index (χ4n) is 4.49. The highest BCUT2D eigenvalue weighted by molar-refractivity contribution is 6.77. The Bertz CT molecular complexity index is 683. The van der Waals surface area contributed by atoms with E-state index in [2.05, 4.69) is 89.0 Å². The third kappa shape index (κ3) is 2.92. The van der Waals surface area contributed by atoms with Crippen molar-refractivity contribution in [2.45, 2.75) is 52.4 Å². The van der Waals surface area contributed by atoms with E-state index in [1.54, 1.807) is 16.7 Å². The summed E-state index contributed by atoms with van der Waals surface area (Å²) in [4.78, 5) is 0. The first-order valence-corrected chi connectivity index (χ1v) is 12.6. The van der Waals surface area contributed by atoms with E-state index >= 15 is 0 Å². The molecule has 0 saturated carbocycles. The fraction of sp³-hybridized carbons (Fsp3) is 0.455. The van der Waals surface area contributed by atoms with E-state index in [-0.39, 0.29) is 5.41 Å². The van der Waals surface area contributed by atoms with Crippen molar-refractivity contribution >= 4 is 13.6 Å². The summed E-state index contributed by atoms with van der Waals surface area (Å²) in [5.41, 5.74) is 6.55. The molecule has 0 nitrogen and oxygen atoms in total. The normalized spacial score (nSPS) is 21.4. The van der Waals surface area contributed by atoms with Gasteiger partial charge in [0, 0.05) is 19.9 Å². The summed E-state index contributed by atoms with van der Waals surface area (Å²) < 4.78 is 0. The van der Waals surface area contributed by atoms with Gasteiger partial charge in [-0.25, -0.2) is 0 Å². The van der Waals surface area contributed by atoms with Crippen LogP contribution in [-0.2, 0) is 0 Å². The minimum Gasteiger partial charge on any atom is -0.0771 e. The van der Waals surface area contributed by atoms with Crippen molar-refractivity contribution < 1.29 is 0 Å². The van der Waals surface area contributed by atoms with Crippen LogP contribution in [0.3, 0.4) is 0 Å². The van der Waals surface area contributed by atoms with Crippen LogP contribution in [0.4, 0.5) is 0 Å². The number of allylic oxidation sites excluding steroid dienone is 6. The summed E-state index contributed by atoms with van der Waals surface area (Å²) in [6, 6.07) is 10.4. The number of hydrogen-bond acceptors (Lipinski definition) is 0. The minimum absolute atomic E-state index is 0.213. The molecule has 122 valence electrons. The van der Waals surface area contributed by atoms with Crippen LogP contribution in [0, 0.1) is 11.3 Å². The van der Waals surface area contributed by atoms with Crippen LogP contribution < -0.4 is 0 Å². The average Bonchev–Trinajstić information content (AvgIpc) is 3.06. The van der Waals surface area contributed by atoms with Crippen molar-refractivity contribution in [3.63, 3.8) is 0 Å². The minimum atomic E-state index is -1.14. The van der Waals surface area contributed by atoms with Crippen molar-refractivity contribution in [3.8, 4) is 0 Å². The van der Waals surface area contributed by atoms with Crippen LogP contribution in [0.5, 0.6) is 0 Å². The standard InChI is InChI=1S/C22H30Si/c1-16-20(15-23(4,5)6)18-13-9-10-14-19(18)21(16)22(2,3)17-11-7-8-12-17/h7-14,17,21H,15H2,1-6H3. The Morgan fingerprint density at radius 3 is 2.22 bits per heavy atom. The molecular formula is C22H30Si. The van der Waals surface area contributed by atoms with Gasteiger partial charge in [0.2, 0.25) is 0 Å². The Balaban J connectivity index is 2.10. The summed E-state index contributed by atoms with van der Waals surface area (Å²) in [6.07, 6.45) is 9.14. The molecule has 0 saturated heterocycles. The zero-order valence-electron chi connectivity index (χ0n) is 15.5. The first-order chi connectivity index (χ1) is 10.7. The van der Waals surface area contributed by atoms with E-state index in [0.717, 1.165) is 0 Å². The summed E-state index contributed by atoms with van der Waals surface area (Å²) in [5.74, 6) is 1.06. The molecule has 23 heavy (non-hydrogen) atoms. The second-order valence-corrected chi connectivity index (χ2v) is 14.5. The maximum atomic E-state index is 2.48. The molecule has 0 aliphatic heterocycles. The van der Waals surface area contributed by atoms with Gasteiger partial charge in [-0.05, 0) is 35.1 Å². The van der Waals surface area contributed by atoms with Crippen LogP contribution in [0.25, 0.3) is 5.57 Å². The monoisotopic (exact) mass is 322 g/mol. The molecular weight excluding hydrogens is 292 g/mol. The lowest BCUT2D eigenvalue weighted by Crippen LogP contribution is -2.28. The van der Waals surface area contributed by atoms with Crippen molar-refractivity contribution in [1.82, 2.24) is 0 Å². The fourth-order valence-corrected chi connectivity index (χ4v) is 6.02. The van der Waals surface area contributed by atoms with Crippen molar-refractivity contribution in [2.75, 3.05) is 0 Å². The molecule has 0 aromatic heterocycles. The molecule has 1 aromatic carbocycles. The second-order valence-electron chi connectivity index (χ2n) is 9.04. The molecule has 3 rings (SSSR count). The van der Waals surface area contributed by atoms with Crippen molar-refractivity contribution in [3.05, 3.63) is 65.3 Å². The summed E-state index contributed by atoms with van der Waals surface area (Å²) in [5, 5.41) is 0. The molecule has 2 aliphatic carbocycles. The number of rotatable bonds is 4. The SMILES string of the molecule is CC1=C(C[Si](C)(C)C)c2ccccc2C1C(C)(C)C1C=CC=C1. The predicted molar refractivity (Wildman–Crippen MR) is 105 cm³/mol. The van der Waals surface area contributed by atoms with Crippen molar-refractivity contribution in [1.29, 1.82) is 0 Å². The van der Waals surface area contributed by atoms with Gasteiger partial charge in [0.05, 0.1) is 0 Å². The van der Waals surface area contributed by atoms with Gasteiger partial charge in [-0.1, -0.05) is 87.6 Å². The van der Waals surface area contributed by atoms with E-state index in [9.17, 15) is 0 Å². The Labute approximate surface area is 143 Å². The van der Waals surface area contributed by atoms with Gasteiger partial charge in [-0.15, -0.1) is 0 Å². The number of hydrogen-bond donors (Lipinski definition) is 0. The molecule has 1 aromatic rings. The lowest BCUT2D eigenvalue weighted by Gasteiger charge is -2.38. The highest BCUT2D eigenvalue weighted by atomic mass is 28.3. The Morgan fingerprint density at radius 2 is 1.61 bits per heavy atom. The van der Waals surface area contributed by atoms with Crippen LogP contribution in [0.1, 0.15) is 37.8 Å². The van der Waals surface area contributed by atoms with Gasteiger partial charge in [-0.3, -0.25) is 0 Å². The number of benzene rings is 1. The molecule has 0 bridgehead atoms. The van der Waals surface area contributed by atoms with Gasteiger partial charge < -0.3 is 0 Å². The first-order valence-electron chi connectivity index (χ1n) is 8.86. The second kappa shape index (κ2) is 5.63. The Hall–Kier alpha value is -1.34. The molecule has 1 heteroatoms. The maximum absolute atomic E-state index is 2.48. The zero-order chi connectivity index (χ0) is 16.8. The molecule has 0 amide bonds. The third-order valence-electron chi connectivity index (χ3n) is 5.56. The highest BCUT2D eigenvalue weighted by Crippen LogP contribution is 2.55. The predicted octanol–water partition coefficient (Wildman–Crippen LogP) is 6.66. The quantitative estimate of drug-likeness (QED) is 0.543. The molecule has 0 spiro atoms. The van der Waals surface area contributed by atoms with E-state index in [4.69, 9.17) is 0 Å². The van der Waals surface area contributed by atoms with Gasteiger partial charge in [0.15, 0.2) is 0 Å². The Morgan fingerprint density at radius 1 is 1.00 bits per heavy atom. The molecule has 0 heterocycles. The van der Waals surface area contributed by atoms with E-state index in [1.807, 2.05) is 0 Å². The van der Waals surface area contributed by atoms with E-state index in [1.165, 1.54) is 11.6 Å². The lowest BCUT2D eigenvalue weighted by atomic mass is 9.66. The molecule has 1 unspecified atom stereocenters. The summed E-state index contributed by atoms with van der Waals surface area (Å²) in [6.45, 7) is 14.7. The summed E-state index contributed by atoms with van der Waals surface area (Å²) in [7, 11) is -1.14. The van der Waals surface area contributed by atoms with Crippen LogP contribution >= 0.6 is 0 Å². The molecule has 0 N–H and O–H groups in total. The maximum Gasteiger partial charge on any atom is 0.0487 e. The van der Waals surface area contributed by atoms with E-state index in [0.29, 0.717) is 11.8 Å². The van der Waals surface area contributed by atoms with Gasteiger partial charge >= 0.3 is 0 Å². The molecule has 0 fully saturated rings. The highest BCUT2D eigenvalue weighted by Gasteiger charge is 2.42. The van der Waals surface area contributed by atoms with Crippen LogP contribution in [0.2, 0.25) is 25.7 Å². The van der Waals surface area contributed by atoms with E-state index < -0.39 is 8.07 Å². The average molecular weight is 323 g/mol. The van der Waals surface area contributed by atoms with Crippen LogP contribution in [0.15, 0.2) is 54.1 Å². The van der Waals surface area contributed by atoms with Gasteiger partial charge in [0.25, 0.3) is 0 Å². The zero-order valence-corrected chi connectivity index (χ0v) is 16.5. The molecule has 0 radical (unpaired) electrons. The number of fused-ring (bicyclic) bond motifs is 1. The molecule has 2 aliphatic rings. The van der Waals surface area contributed by atoms with Crippen LogP contribution in [-0.4, -0.2) is 8.07 Å². The Kier molecular flexibility index (Phi) is 4.04.